The van der Waals surface area contributed by atoms with Crippen LogP contribution in [0.1, 0.15) is 17.7 Å². The van der Waals surface area contributed by atoms with E-state index >= 15 is 0 Å². The minimum Gasteiger partial charge on any atom is -0.481 e. The van der Waals surface area contributed by atoms with Gasteiger partial charge in [0.15, 0.2) is 0 Å². The van der Waals surface area contributed by atoms with Crippen molar-refractivity contribution in [1.29, 1.82) is 0 Å². The van der Waals surface area contributed by atoms with Gasteiger partial charge in [-0.2, -0.15) is 0 Å². The maximum atomic E-state index is 12.1. The lowest BCUT2D eigenvalue weighted by molar-refractivity contribution is -0.143. The summed E-state index contributed by atoms with van der Waals surface area (Å²) < 4.78 is 0. The lowest BCUT2D eigenvalue weighted by Gasteiger charge is -2.25. The molecular formula is C21H19ClN2O2. The molecule has 26 heavy (non-hydrogen) atoms. The number of para-hydroxylation sites is 1. The standard InChI is InChI=1S/C21H19ClN2O2/c22-18-8-4-5-15-9-10-17(23-19(15)18)13-24-12-11-21(14-24,20(25)26)16-6-2-1-3-7-16/h1-10H,11-14H2,(H,25,26). The van der Waals surface area contributed by atoms with Gasteiger partial charge in [-0.25, -0.2) is 4.98 Å². The number of aliphatic carboxylic acids is 1. The van der Waals surface area contributed by atoms with Crippen molar-refractivity contribution in [3.63, 3.8) is 0 Å². The van der Waals surface area contributed by atoms with E-state index in [1.54, 1.807) is 0 Å². The highest BCUT2D eigenvalue weighted by molar-refractivity contribution is 6.35. The van der Waals surface area contributed by atoms with Gasteiger partial charge in [-0.3, -0.25) is 9.69 Å². The molecule has 2 heterocycles. The molecule has 1 atom stereocenters. The van der Waals surface area contributed by atoms with E-state index in [1.807, 2.05) is 60.7 Å². The van der Waals surface area contributed by atoms with E-state index < -0.39 is 11.4 Å². The number of pyridine rings is 1. The van der Waals surface area contributed by atoms with Gasteiger partial charge in [-0.05, 0) is 24.1 Å². The van der Waals surface area contributed by atoms with Crippen LogP contribution in [0.3, 0.4) is 0 Å². The Balaban J connectivity index is 1.59. The average Bonchev–Trinajstić information content (AvgIpc) is 3.08. The molecule has 0 amide bonds. The summed E-state index contributed by atoms with van der Waals surface area (Å²) in [6.07, 6.45) is 0.598. The van der Waals surface area contributed by atoms with E-state index in [4.69, 9.17) is 11.6 Å². The zero-order chi connectivity index (χ0) is 18.1. The normalized spacial score (nSPS) is 20.5. The van der Waals surface area contributed by atoms with Gasteiger partial charge in [0.25, 0.3) is 0 Å². The summed E-state index contributed by atoms with van der Waals surface area (Å²) in [7, 11) is 0. The van der Waals surface area contributed by atoms with E-state index in [-0.39, 0.29) is 0 Å². The lowest BCUT2D eigenvalue weighted by Crippen LogP contribution is -2.38. The van der Waals surface area contributed by atoms with E-state index in [0.29, 0.717) is 24.5 Å². The van der Waals surface area contributed by atoms with Gasteiger partial charge in [-0.15, -0.1) is 0 Å². The van der Waals surface area contributed by atoms with E-state index in [1.165, 1.54) is 0 Å². The SMILES string of the molecule is O=C(O)C1(c2ccccc2)CCN(Cc2ccc3cccc(Cl)c3n2)C1. The number of nitrogens with zero attached hydrogens (tertiary/aromatic N) is 2. The molecule has 4 rings (SSSR count). The van der Waals surface area contributed by atoms with Crippen molar-refractivity contribution in [3.05, 3.63) is 76.9 Å². The van der Waals surface area contributed by atoms with Crippen molar-refractivity contribution in [3.8, 4) is 0 Å². The summed E-state index contributed by atoms with van der Waals surface area (Å²) in [5.41, 5.74) is 1.71. The van der Waals surface area contributed by atoms with Crippen LogP contribution in [0, 0.1) is 0 Å². The second kappa shape index (κ2) is 6.71. The van der Waals surface area contributed by atoms with Gasteiger partial charge in [0.05, 0.1) is 16.2 Å². The zero-order valence-corrected chi connectivity index (χ0v) is 15.0. The first-order valence-electron chi connectivity index (χ1n) is 8.64. The number of benzene rings is 2. The fraction of sp³-hybridized carbons (Fsp3) is 0.238. The number of hydrogen-bond acceptors (Lipinski definition) is 3. The topological polar surface area (TPSA) is 53.4 Å². The van der Waals surface area contributed by atoms with Gasteiger partial charge in [-0.1, -0.05) is 60.1 Å². The number of halogens is 1. The monoisotopic (exact) mass is 366 g/mol. The van der Waals surface area contributed by atoms with Crippen LogP contribution >= 0.6 is 11.6 Å². The summed E-state index contributed by atoms with van der Waals surface area (Å²) in [4.78, 5) is 18.9. The third kappa shape index (κ3) is 2.96. The highest BCUT2D eigenvalue weighted by Crippen LogP contribution is 2.35. The van der Waals surface area contributed by atoms with Gasteiger partial charge in [0, 0.05) is 25.0 Å². The van der Waals surface area contributed by atoms with Crippen molar-refractivity contribution in [2.24, 2.45) is 0 Å². The van der Waals surface area contributed by atoms with Gasteiger partial charge >= 0.3 is 5.97 Å². The molecule has 1 saturated heterocycles. The highest BCUT2D eigenvalue weighted by atomic mass is 35.5. The second-order valence-electron chi connectivity index (χ2n) is 6.83. The van der Waals surface area contributed by atoms with Crippen LogP contribution < -0.4 is 0 Å². The predicted molar refractivity (Wildman–Crippen MR) is 102 cm³/mol. The number of carbonyl (C=O) groups is 1. The fourth-order valence-corrected chi connectivity index (χ4v) is 4.01. The van der Waals surface area contributed by atoms with Crippen molar-refractivity contribution in [1.82, 2.24) is 9.88 Å². The molecule has 5 heteroatoms. The second-order valence-corrected chi connectivity index (χ2v) is 7.24. The summed E-state index contributed by atoms with van der Waals surface area (Å²) in [6.45, 7) is 1.82. The summed E-state index contributed by atoms with van der Waals surface area (Å²) in [5.74, 6) is -0.763. The first kappa shape index (κ1) is 17.0. The molecule has 0 radical (unpaired) electrons. The number of fused-ring (bicyclic) bond motifs is 1. The van der Waals surface area contributed by atoms with Crippen LogP contribution in [0.2, 0.25) is 5.02 Å². The Morgan fingerprint density at radius 2 is 1.92 bits per heavy atom. The Morgan fingerprint density at radius 3 is 2.69 bits per heavy atom. The number of hydrogen-bond donors (Lipinski definition) is 1. The summed E-state index contributed by atoms with van der Waals surface area (Å²) in [6, 6.07) is 19.3. The number of aromatic nitrogens is 1. The van der Waals surface area contributed by atoms with Crippen molar-refractivity contribution in [2.45, 2.75) is 18.4 Å². The minimum atomic E-state index is -0.851. The molecule has 1 N–H and O–H groups in total. The first-order chi connectivity index (χ1) is 12.6. The van der Waals surface area contributed by atoms with Crippen LogP contribution in [-0.2, 0) is 16.8 Å². The molecule has 0 saturated carbocycles. The quantitative estimate of drug-likeness (QED) is 0.754. The van der Waals surface area contributed by atoms with Gasteiger partial charge in [0.1, 0.15) is 5.41 Å². The Hall–Kier alpha value is -2.43. The Bertz CT molecular complexity index is 961. The maximum absolute atomic E-state index is 12.1. The van der Waals surface area contributed by atoms with Crippen LogP contribution in [0.5, 0.6) is 0 Å². The third-order valence-electron chi connectivity index (χ3n) is 5.20. The molecule has 2 aromatic carbocycles. The van der Waals surface area contributed by atoms with Gasteiger partial charge < -0.3 is 5.11 Å². The smallest absolute Gasteiger partial charge is 0.315 e. The molecule has 4 nitrogen and oxygen atoms in total. The summed E-state index contributed by atoms with van der Waals surface area (Å²) >= 11 is 6.26. The first-order valence-corrected chi connectivity index (χ1v) is 9.02. The molecule has 0 bridgehead atoms. The zero-order valence-electron chi connectivity index (χ0n) is 14.2. The molecule has 1 aliphatic heterocycles. The Morgan fingerprint density at radius 1 is 1.12 bits per heavy atom. The number of likely N-dealkylation sites (tertiary alicyclic amines) is 1. The van der Waals surface area contributed by atoms with Crippen LogP contribution in [0.15, 0.2) is 60.7 Å². The van der Waals surface area contributed by atoms with Crippen LogP contribution in [0.4, 0.5) is 0 Å². The highest BCUT2D eigenvalue weighted by Gasteiger charge is 2.46. The molecule has 1 unspecified atom stereocenters. The largest absolute Gasteiger partial charge is 0.481 e. The maximum Gasteiger partial charge on any atom is 0.315 e. The Kier molecular flexibility index (Phi) is 4.39. The molecule has 1 aromatic heterocycles. The molecule has 1 fully saturated rings. The van der Waals surface area contributed by atoms with Crippen LogP contribution in [0.25, 0.3) is 10.9 Å². The molecule has 1 aliphatic rings. The van der Waals surface area contributed by atoms with E-state index in [9.17, 15) is 9.90 Å². The number of carboxylic acid groups (broad SMARTS) is 1. The molecule has 0 spiro atoms. The lowest BCUT2D eigenvalue weighted by atomic mass is 9.80. The van der Waals surface area contributed by atoms with E-state index in [0.717, 1.165) is 28.7 Å². The fourth-order valence-electron chi connectivity index (χ4n) is 3.78. The predicted octanol–water partition coefficient (Wildman–Crippen LogP) is 4.12. The van der Waals surface area contributed by atoms with Crippen molar-refractivity contribution >= 4 is 28.5 Å². The Labute approximate surface area is 157 Å². The molecule has 3 aromatic rings. The summed E-state index contributed by atoms with van der Waals surface area (Å²) in [5, 5.41) is 11.6. The van der Waals surface area contributed by atoms with E-state index in [2.05, 4.69) is 9.88 Å². The molecule has 0 aliphatic carbocycles. The number of carboxylic acids is 1. The molecule has 132 valence electrons. The average molecular weight is 367 g/mol. The van der Waals surface area contributed by atoms with Crippen molar-refractivity contribution in [2.75, 3.05) is 13.1 Å². The minimum absolute atomic E-state index is 0.481. The van der Waals surface area contributed by atoms with Crippen LogP contribution in [-0.4, -0.2) is 34.0 Å². The number of rotatable bonds is 4. The van der Waals surface area contributed by atoms with Gasteiger partial charge in [0.2, 0.25) is 0 Å². The third-order valence-corrected chi connectivity index (χ3v) is 5.50. The van der Waals surface area contributed by atoms with Crippen molar-refractivity contribution < 1.29 is 9.90 Å². The molecular weight excluding hydrogens is 348 g/mol.